The fraction of sp³-hybridized carbons (Fsp3) is 0.429. The molecule has 1 unspecified atom stereocenters. The standard InChI is InChI=1S/C14H18ClN5O3/c1-7(6-20-9(3)11(15)8(2)18-20)13(21)17-10-5-16-19(4)12(10)14(22)23/h5,7H,6H2,1-4H3,(H,17,21)(H,22,23). The van der Waals surface area contributed by atoms with Gasteiger partial charge in [0.25, 0.3) is 0 Å². The van der Waals surface area contributed by atoms with Crippen LogP contribution in [0.1, 0.15) is 28.8 Å². The van der Waals surface area contributed by atoms with Crippen LogP contribution in [-0.4, -0.2) is 36.5 Å². The monoisotopic (exact) mass is 339 g/mol. The maximum Gasteiger partial charge on any atom is 0.356 e. The van der Waals surface area contributed by atoms with Gasteiger partial charge in [0, 0.05) is 7.05 Å². The van der Waals surface area contributed by atoms with Crippen molar-refractivity contribution in [2.24, 2.45) is 13.0 Å². The van der Waals surface area contributed by atoms with E-state index in [1.807, 2.05) is 6.92 Å². The number of hydrogen-bond donors (Lipinski definition) is 2. The predicted octanol–water partition coefficient (Wildman–Crippen LogP) is 1.86. The highest BCUT2D eigenvalue weighted by Gasteiger charge is 2.22. The Balaban J connectivity index is 2.12. The van der Waals surface area contributed by atoms with Gasteiger partial charge in [-0.2, -0.15) is 10.2 Å². The molecule has 0 aliphatic carbocycles. The number of carboxylic acid groups (broad SMARTS) is 1. The first-order valence-electron chi connectivity index (χ1n) is 6.98. The third-order valence-corrected chi connectivity index (χ3v) is 4.13. The Morgan fingerprint density at radius 2 is 2.09 bits per heavy atom. The van der Waals surface area contributed by atoms with Crippen LogP contribution in [0.3, 0.4) is 0 Å². The lowest BCUT2D eigenvalue weighted by Crippen LogP contribution is -2.26. The zero-order valence-electron chi connectivity index (χ0n) is 13.3. The van der Waals surface area contributed by atoms with Crippen molar-refractivity contribution in [1.29, 1.82) is 0 Å². The molecule has 0 aliphatic heterocycles. The van der Waals surface area contributed by atoms with Crippen molar-refractivity contribution in [2.75, 3.05) is 5.32 Å². The lowest BCUT2D eigenvalue weighted by atomic mass is 10.1. The number of halogens is 1. The summed E-state index contributed by atoms with van der Waals surface area (Å²) in [6.07, 6.45) is 1.31. The third-order valence-electron chi connectivity index (χ3n) is 3.59. The molecule has 0 aromatic carbocycles. The van der Waals surface area contributed by atoms with E-state index in [9.17, 15) is 9.59 Å². The minimum absolute atomic E-state index is 0.0697. The zero-order valence-corrected chi connectivity index (χ0v) is 14.0. The van der Waals surface area contributed by atoms with Crippen LogP contribution in [0.5, 0.6) is 0 Å². The van der Waals surface area contributed by atoms with Crippen LogP contribution in [0.4, 0.5) is 5.69 Å². The van der Waals surface area contributed by atoms with Crippen molar-refractivity contribution >= 4 is 29.2 Å². The quantitative estimate of drug-likeness (QED) is 0.865. The van der Waals surface area contributed by atoms with Gasteiger partial charge in [-0.1, -0.05) is 18.5 Å². The highest BCUT2D eigenvalue weighted by atomic mass is 35.5. The van der Waals surface area contributed by atoms with Crippen LogP contribution in [0.25, 0.3) is 0 Å². The second kappa shape index (κ2) is 6.41. The normalized spacial score (nSPS) is 12.2. The van der Waals surface area contributed by atoms with Crippen LogP contribution in [0.2, 0.25) is 5.02 Å². The Hall–Kier alpha value is -2.35. The summed E-state index contributed by atoms with van der Waals surface area (Å²) in [5, 5.41) is 20.5. The summed E-state index contributed by atoms with van der Waals surface area (Å²) >= 11 is 6.09. The van der Waals surface area contributed by atoms with E-state index in [0.717, 1.165) is 5.69 Å². The number of rotatable bonds is 5. The first-order valence-corrected chi connectivity index (χ1v) is 7.35. The molecule has 0 aliphatic rings. The Labute approximate surface area is 138 Å². The summed E-state index contributed by atoms with van der Waals surface area (Å²) in [6, 6.07) is 0. The second-order valence-corrected chi connectivity index (χ2v) is 5.77. The molecule has 124 valence electrons. The van der Waals surface area contributed by atoms with Gasteiger partial charge in [-0.05, 0) is 13.8 Å². The van der Waals surface area contributed by atoms with E-state index >= 15 is 0 Å². The minimum Gasteiger partial charge on any atom is -0.476 e. The molecule has 2 N–H and O–H groups in total. The van der Waals surface area contributed by atoms with E-state index in [2.05, 4.69) is 15.5 Å². The molecule has 0 radical (unpaired) electrons. The zero-order chi connectivity index (χ0) is 17.3. The Kier molecular flexibility index (Phi) is 4.74. The number of aromatic nitrogens is 4. The number of carboxylic acids is 1. The predicted molar refractivity (Wildman–Crippen MR) is 84.7 cm³/mol. The smallest absolute Gasteiger partial charge is 0.356 e. The van der Waals surface area contributed by atoms with E-state index in [0.29, 0.717) is 17.3 Å². The minimum atomic E-state index is -1.15. The summed E-state index contributed by atoms with van der Waals surface area (Å²) in [6.45, 7) is 5.70. The maximum absolute atomic E-state index is 12.3. The largest absolute Gasteiger partial charge is 0.476 e. The molecular weight excluding hydrogens is 322 g/mol. The number of nitrogens with one attached hydrogen (secondary N) is 1. The number of nitrogens with zero attached hydrogens (tertiary/aromatic N) is 4. The molecular formula is C14H18ClN5O3. The maximum atomic E-state index is 12.3. The van der Waals surface area contributed by atoms with Crippen molar-refractivity contribution < 1.29 is 14.7 Å². The molecule has 0 fully saturated rings. The van der Waals surface area contributed by atoms with Gasteiger partial charge >= 0.3 is 5.97 Å². The molecule has 23 heavy (non-hydrogen) atoms. The average Bonchev–Trinajstić information content (AvgIpc) is 2.95. The third kappa shape index (κ3) is 3.37. The van der Waals surface area contributed by atoms with Crippen LogP contribution in [-0.2, 0) is 18.4 Å². The second-order valence-electron chi connectivity index (χ2n) is 5.39. The average molecular weight is 340 g/mol. The molecule has 1 amide bonds. The first-order chi connectivity index (χ1) is 10.7. The van der Waals surface area contributed by atoms with E-state index in [1.54, 1.807) is 18.5 Å². The number of aryl methyl sites for hydroxylation is 2. The molecule has 0 saturated heterocycles. The van der Waals surface area contributed by atoms with Gasteiger partial charge in [-0.15, -0.1) is 0 Å². The number of anilines is 1. The van der Waals surface area contributed by atoms with Crippen molar-refractivity contribution in [1.82, 2.24) is 19.6 Å². The van der Waals surface area contributed by atoms with Gasteiger partial charge in [0.1, 0.15) is 0 Å². The molecule has 2 heterocycles. The Bertz CT molecular complexity index is 765. The number of hydrogen-bond acceptors (Lipinski definition) is 4. The summed E-state index contributed by atoms with van der Waals surface area (Å²) in [7, 11) is 1.50. The number of amides is 1. The van der Waals surface area contributed by atoms with Crippen LogP contribution < -0.4 is 5.32 Å². The van der Waals surface area contributed by atoms with E-state index in [1.165, 1.54) is 17.9 Å². The Morgan fingerprint density at radius 1 is 1.43 bits per heavy atom. The summed E-state index contributed by atoms with van der Waals surface area (Å²) < 4.78 is 2.87. The van der Waals surface area contributed by atoms with Gasteiger partial charge in [0.05, 0.1) is 40.8 Å². The molecule has 1 atom stereocenters. The van der Waals surface area contributed by atoms with Crippen molar-refractivity contribution in [3.63, 3.8) is 0 Å². The number of aromatic carboxylic acids is 1. The van der Waals surface area contributed by atoms with E-state index in [-0.39, 0.29) is 17.3 Å². The fourth-order valence-electron chi connectivity index (χ4n) is 2.23. The van der Waals surface area contributed by atoms with Gasteiger partial charge in [-0.25, -0.2) is 4.79 Å². The molecule has 0 bridgehead atoms. The SMILES string of the molecule is Cc1nn(CC(C)C(=O)Nc2cnn(C)c2C(=O)O)c(C)c1Cl. The first kappa shape index (κ1) is 17.0. The van der Waals surface area contributed by atoms with Gasteiger partial charge in [-0.3, -0.25) is 14.2 Å². The van der Waals surface area contributed by atoms with Gasteiger partial charge in [0.15, 0.2) is 5.69 Å². The van der Waals surface area contributed by atoms with Crippen LogP contribution >= 0.6 is 11.6 Å². The van der Waals surface area contributed by atoms with Crippen molar-refractivity contribution in [3.05, 3.63) is 28.3 Å². The summed E-state index contributed by atoms with van der Waals surface area (Å²) in [4.78, 5) is 23.5. The molecule has 0 spiro atoms. The molecule has 2 rings (SSSR count). The van der Waals surface area contributed by atoms with Gasteiger partial charge in [0.2, 0.25) is 5.91 Å². The fourth-order valence-corrected chi connectivity index (χ4v) is 2.37. The summed E-state index contributed by atoms with van der Waals surface area (Å²) in [5.74, 6) is -1.90. The van der Waals surface area contributed by atoms with Crippen LogP contribution in [0, 0.1) is 19.8 Å². The van der Waals surface area contributed by atoms with Crippen LogP contribution in [0.15, 0.2) is 6.20 Å². The van der Waals surface area contributed by atoms with Gasteiger partial charge < -0.3 is 10.4 Å². The lowest BCUT2D eigenvalue weighted by molar-refractivity contribution is -0.119. The molecule has 0 saturated carbocycles. The highest BCUT2D eigenvalue weighted by Crippen LogP contribution is 2.20. The van der Waals surface area contributed by atoms with E-state index < -0.39 is 11.9 Å². The molecule has 2 aromatic rings. The molecule has 8 nitrogen and oxygen atoms in total. The van der Waals surface area contributed by atoms with Crippen molar-refractivity contribution in [3.8, 4) is 0 Å². The summed E-state index contributed by atoms with van der Waals surface area (Å²) in [5.41, 5.74) is 1.59. The lowest BCUT2D eigenvalue weighted by Gasteiger charge is -2.13. The van der Waals surface area contributed by atoms with Crippen molar-refractivity contribution in [2.45, 2.75) is 27.3 Å². The molecule has 2 aromatic heterocycles. The number of carbonyl (C=O) groups excluding carboxylic acids is 1. The molecule has 9 heteroatoms. The van der Waals surface area contributed by atoms with E-state index in [4.69, 9.17) is 16.7 Å². The topological polar surface area (TPSA) is 102 Å². The number of carbonyl (C=O) groups is 2. The highest BCUT2D eigenvalue weighted by molar-refractivity contribution is 6.31. The Morgan fingerprint density at radius 3 is 2.61 bits per heavy atom.